The van der Waals surface area contributed by atoms with E-state index in [1.165, 1.54) is 12.7 Å². The van der Waals surface area contributed by atoms with Crippen LogP contribution in [-0.2, 0) is 10.2 Å². The minimum Gasteiger partial charge on any atom is -0.452 e. The monoisotopic (exact) mass is 243 g/mol. The topological polar surface area (TPSA) is 29.5 Å². The summed E-state index contributed by atoms with van der Waals surface area (Å²) < 4.78 is 4.78. The van der Waals surface area contributed by atoms with Crippen LogP contribution in [0, 0.1) is 5.41 Å². The highest BCUT2D eigenvalue weighted by molar-refractivity contribution is 5.70. The van der Waals surface area contributed by atoms with Gasteiger partial charge >= 0.3 is 6.09 Å². The van der Waals surface area contributed by atoms with Crippen molar-refractivity contribution in [1.29, 1.82) is 0 Å². The Kier molecular flexibility index (Phi) is 2.27. The Hall–Kier alpha value is -1.77. The second kappa shape index (κ2) is 3.61. The highest BCUT2D eigenvalue weighted by Gasteiger charge is 2.65. The second-order valence-electron chi connectivity index (χ2n) is 5.49. The van der Waals surface area contributed by atoms with Gasteiger partial charge in [0.15, 0.2) is 0 Å². The summed E-state index contributed by atoms with van der Waals surface area (Å²) in [7, 11) is 1.42. The number of hydrogen-bond donors (Lipinski definition) is 0. The Labute approximate surface area is 107 Å². The molecule has 1 aliphatic heterocycles. The summed E-state index contributed by atoms with van der Waals surface area (Å²) in [6, 6.07) is 10.5. The Bertz CT molecular complexity index is 510. The van der Waals surface area contributed by atoms with Crippen LogP contribution >= 0.6 is 0 Å². The van der Waals surface area contributed by atoms with Gasteiger partial charge in [-0.05, 0) is 12.0 Å². The van der Waals surface area contributed by atoms with E-state index in [2.05, 4.69) is 37.3 Å². The van der Waals surface area contributed by atoms with Crippen LogP contribution in [0.3, 0.4) is 0 Å². The molecule has 2 atom stereocenters. The quantitative estimate of drug-likeness (QED) is 0.759. The van der Waals surface area contributed by atoms with Gasteiger partial charge in [-0.1, -0.05) is 43.3 Å². The third-order valence-corrected chi connectivity index (χ3v) is 4.38. The van der Waals surface area contributed by atoms with Crippen molar-refractivity contribution in [2.45, 2.75) is 18.8 Å². The van der Waals surface area contributed by atoms with Crippen LogP contribution in [0.5, 0.6) is 0 Å². The lowest BCUT2D eigenvalue weighted by molar-refractivity contribution is 0.129. The van der Waals surface area contributed by atoms with Gasteiger partial charge in [0, 0.05) is 23.6 Å². The molecule has 1 aromatic carbocycles. The first-order valence-electron chi connectivity index (χ1n) is 6.21. The molecule has 1 fully saturated rings. The summed E-state index contributed by atoms with van der Waals surface area (Å²) in [5.41, 5.74) is 1.59. The van der Waals surface area contributed by atoms with Gasteiger partial charge in [-0.15, -0.1) is 0 Å². The molecule has 18 heavy (non-hydrogen) atoms. The molecule has 1 aliphatic carbocycles. The number of fused-ring (bicyclic) bond motifs is 1. The fourth-order valence-corrected chi connectivity index (χ4v) is 3.20. The molecule has 1 heterocycles. The summed E-state index contributed by atoms with van der Waals surface area (Å²) in [4.78, 5) is 13.2. The number of allylic oxidation sites excluding steroid dienone is 1. The number of carbonyl (C=O) groups is 1. The maximum atomic E-state index is 11.6. The summed E-state index contributed by atoms with van der Waals surface area (Å²) in [6.45, 7) is 2.96. The molecule has 3 nitrogen and oxygen atoms in total. The van der Waals surface area contributed by atoms with Crippen molar-refractivity contribution in [3.05, 3.63) is 48.2 Å². The van der Waals surface area contributed by atoms with E-state index < -0.39 is 0 Å². The maximum absolute atomic E-state index is 11.6. The zero-order valence-electron chi connectivity index (χ0n) is 10.7. The third kappa shape index (κ3) is 1.40. The number of benzene rings is 1. The van der Waals surface area contributed by atoms with Gasteiger partial charge in [-0.25, -0.2) is 4.79 Å². The van der Waals surface area contributed by atoms with E-state index in [4.69, 9.17) is 4.74 Å². The maximum Gasteiger partial charge on any atom is 0.413 e. The Morgan fingerprint density at radius 2 is 2.06 bits per heavy atom. The highest BCUT2D eigenvalue weighted by Crippen LogP contribution is 2.67. The molecule has 0 spiro atoms. The van der Waals surface area contributed by atoms with Crippen LogP contribution in [0.4, 0.5) is 4.79 Å². The largest absolute Gasteiger partial charge is 0.452 e. The van der Waals surface area contributed by atoms with Crippen LogP contribution in [0.1, 0.15) is 18.9 Å². The van der Waals surface area contributed by atoms with Gasteiger partial charge in [0.1, 0.15) is 0 Å². The number of amides is 1. The molecule has 0 N–H and O–H groups in total. The normalized spacial score (nSPS) is 32.9. The van der Waals surface area contributed by atoms with Crippen molar-refractivity contribution in [3.63, 3.8) is 0 Å². The molecule has 3 heteroatoms. The molecule has 94 valence electrons. The van der Waals surface area contributed by atoms with Crippen molar-refractivity contribution >= 4 is 6.09 Å². The number of ether oxygens (including phenoxy) is 1. The van der Waals surface area contributed by atoms with E-state index in [1.807, 2.05) is 12.3 Å². The first-order chi connectivity index (χ1) is 8.61. The SMILES string of the molecule is COC(=O)N1C=C[C@@]2(c3ccccc3)C[C@@]2(C)C1. The second-order valence-corrected chi connectivity index (χ2v) is 5.49. The summed E-state index contributed by atoms with van der Waals surface area (Å²) in [6.07, 6.45) is 4.84. The van der Waals surface area contributed by atoms with Crippen molar-refractivity contribution in [2.24, 2.45) is 5.41 Å². The van der Waals surface area contributed by atoms with Crippen molar-refractivity contribution in [1.82, 2.24) is 4.90 Å². The van der Waals surface area contributed by atoms with E-state index >= 15 is 0 Å². The predicted molar refractivity (Wildman–Crippen MR) is 69.1 cm³/mol. The van der Waals surface area contributed by atoms with E-state index in [-0.39, 0.29) is 16.9 Å². The lowest BCUT2D eigenvalue weighted by Crippen LogP contribution is -2.37. The summed E-state index contributed by atoms with van der Waals surface area (Å²) in [5.74, 6) is 0. The fourth-order valence-electron chi connectivity index (χ4n) is 3.20. The van der Waals surface area contributed by atoms with Crippen molar-refractivity contribution in [3.8, 4) is 0 Å². The highest BCUT2D eigenvalue weighted by atomic mass is 16.5. The number of rotatable bonds is 1. The molecule has 0 aromatic heterocycles. The molecule has 1 amide bonds. The van der Waals surface area contributed by atoms with Crippen LogP contribution in [0.15, 0.2) is 42.6 Å². The van der Waals surface area contributed by atoms with Crippen molar-refractivity contribution < 1.29 is 9.53 Å². The molecule has 3 rings (SSSR count). The smallest absolute Gasteiger partial charge is 0.413 e. The van der Waals surface area contributed by atoms with E-state index in [1.54, 1.807) is 4.90 Å². The lowest BCUT2D eigenvalue weighted by Gasteiger charge is -2.30. The zero-order valence-corrected chi connectivity index (χ0v) is 10.7. The number of nitrogens with zero attached hydrogens (tertiary/aromatic N) is 1. The molecule has 0 radical (unpaired) electrons. The molecule has 1 saturated carbocycles. The molecule has 0 unspecified atom stereocenters. The molecule has 1 aromatic rings. The lowest BCUT2D eigenvalue weighted by atomic mass is 9.85. The first-order valence-corrected chi connectivity index (χ1v) is 6.21. The predicted octanol–water partition coefficient (Wildman–Crippen LogP) is 2.93. The molecule has 0 bridgehead atoms. The first kappa shape index (κ1) is 11.3. The standard InChI is InChI=1S/C15H17NO2/c1-14-10-15(14,12-6-4-3-5-7-12)8-9-16(11-14)13(17)18-2/h3-9H,10-11H2,1-2H3/t14-,15-/m0/s1. The Morgan fingerprint density at radius 1 is 1.33 bits per heavy atom. The zero-order chi connectivity index (χ0) is 12.8. The average Bonchev–Trinajstić information content (AvgIpc) is 3.05. The van der Waals surface area contributed by atoms with Crippen LogP contribution in [-0.4, -0.2) is 24.6 Å². The Balaban J connectivity index is 1.93. The molecule has 0 saturated heterocycles. The van der Waals surface area contributed by atoms with E-state index in [0.717, 1.165) is 13.0 Å². The fraction of sp³-hybridized carbons (Fsp3) is 0.400. The molecule has 2 aliphatic rings. The van der Waals surface area contributed by atoms with E-state index in [0.29, 0.717) is 0 Å². The van der Waals surface area contributed by atoms with Gasteiger partial charge in [-0.3, -0.25) is 4.90 Å². The van der Waals surface area contributed by atoms with Gasteiger partial charge in [0.25, 0.3) is 0 Å². The van der Waals surface area contributed by atoms with Gasteiger partial charge < -0.3 is 4.74 Å². The number of hydrogen-bond acceptors (Lipinski definition) is 2. The number of methoxy groups -OCH3 is 1. The minimum atomic E-state index is -0.277. The average molecular weight is 243 g/mol. The number of carbonyl (C=O) groups excluding carboxylic acids is 1. The van der Waals surface area contributed by atoms with E-state index in [9.17, 15) is 4.79 Å². The van der Waals surface area contributed by atoms with Crippen LogP contribution in [0.25, 0.3) is 0 Å². The van der Waals surface area contributed by atoms with Gasteiger partial charge in [-0.2, -0.15) is 0 Å². The van der Waals surface area contributed by atoms with Gasteiger partial charge in [0.05, 0.1) is 7.11 Å². The molecular formula is C15H17NO2. The minimum absolute atomic E-state index is 0.110. The Morgan fingerprint density at radius 3 is 2.67 bits per heavy atom. The van der Waals surface area contributed by atoms with Gasteiger partial charge in [0.2, 0.25) is 0 Å². The van der Waals surface area contributed by atoms with Crippen LogP contribution in [0.2, 0.25) is 0 Å². The summed E-state index contributed by atoms with van der Waals surface area (Å²) >= 11 is 0. The molecular weight excluding hydrogens is 226 g/mol. The summed E-state index contributed by atoms with van der Waals surface area (Å²) in [5, 5.41) is 0. The third-order valence-electron chi connectivity index (χ3n) is 4.38. The van der Waals surface area contributed by atoms with Crippen molar-refractivity contribution in [2.75, 3.05) is 13.7 Å². The van der Waals surface area contributed by atoms with Crippen LogP contribution < -0.4 is 0 Å².